The molecule has 1 aromatic heterocycles. The van der Waals surface area contributed by atoms with E-state index in [4.69, 9.17) is 12.2 Å². The van der Waals surface area contributed by atoms with E-state index in [1.807, 2.05) is 38.1 Å². The molecule has 6 heteroatoms. The average Bonchev–Trinajstić information content (AvgIpc) is 3.07. The Bertz CT molecular complexity index is 1250. The molecule has 2 amide bonds. The summed E-state index contributed by atoms with van der Waals surface area (Å²) in [5.74, 6) is -0.909. The van der Waals surface area contributed by atoms with E-state index in [9.17, 15) is 9.59 Å². The minimum absolute atomic E-state index is 0.0557. The van der Waals surface area contributed by atoms with Crippen LogP contribution in [0.15, 0.2) is 78.9 Å². The summed E-state index contributed by atoms with van der Waals surface area (Å²) >= 11 is 5.12. The van der Waals surface area contributed by atoms with Crippen molar-refractivity contribution in [1.82, 2.24) is 14.8 Å². The van der Waals surface area contributed by atoms with Gasteiger partial charge in [0.15, 0.2) is 5.11 Å². The third-order valence-electron chi connectivity index (χ3n) is 5.50. The van der Waals surface area contributed by atoms with Gasteiger partial charge in [-0.2, -0.15) is 0 Å². The normalized spacial score (nSPS) is 15.2. The summed E-state index contributed by atoms with van der Waals surface area (Å²) in [6.45, 7) is 7.87. The Kier molecular flexibility index (Phi) is 5.88. The standard InChI is InChI=1S/C26H23N3O2S/c1-4-14-28-25(31)23(24(30)27-26(28)32)16-21-15-17(2)29(18(21)3)22-12-10-20(11-13-22)19-8-6-5-7-9-19/h4-13,15-16H,1,14H2,2-3H3,(H,27,30,32)/b23-16-. The van der Waals surface area contributed by atoms with Crippen LogP contribution in [0.4, 0.5) is 0 Å². The fourth-order valence-electron chi connectivity index (χ4n) is 3.91. The first-order valence-corrected chi connectivity index (χ1v) is 10.7. The molecule has 0 aliphatic carbocycles. The smallest absolute Gasteiger partial charge is 0.265 e. The van der Waals surface area contributed by atoms with Crippen molar-refractivity contribution >= 4 is 35.2 Å². The number of nitrogens with one attached hydrogen (secondary N) is 1. The molecular formula is C26H23N3O2S. The highest BCUT2D eigenvalue weighted by Crippen LogP contribution is 2.26. The minimum atomic E-state index is -0.489. The summed E-state index contributed by atoms with van der Waals surface area (Å²) < 4.78 is 2.11. The van der Waals surface area contributed by atoms with Crippen molar-refractivity contribution in [2.24, 2.45) is 0 Å². The van der Waals surface area contributed by atoms with Crippen molar-refractivity contribution in [3.63, 3.8) is 0 Å². The minimum Gasteiger partial charge on any atom is -0.318 e. The molecule has 0 spiro atoms. The second-order valence-corrected chi connectivity index (χ2v) is 7.98. The molecule has 1 aliphatic heterocycles. The average molecular weight is 442 g/mol. The number of hydrogen-bond acceptors (Lipinski definition) is 3. The largest absolute Gasteiger partial charge is 0.318 e. The van der Waals surface area contributed by atoms with E-state index >= 15 is 0 Å². The van der Waals surface area contributed by atoms with Crippen LogP contribution in [0, 0.1) is 13.8 Å². The summed E-state index contributed by atoms with van der Waals surface area (Å²) in [4.78, 5) is 26.6. The van der Waals surface area contributed by atoms with Gasteiger partial charge in [0.05, 0.1) is 0 Å². The van der Waals surface area contributed by atoms with E-state index in [-0.39, 0.29) is 17.2 Å². The monoisotopic (exact) mass is 441 g/mol. The summed E-state index contributed by atoms with van der Waals surface area (Å²) in [6, 6.07) is 20.5. The molecule has 1 saturated heterocycles. The van der Waals surface area contributed by atoms with Crippen molar-refractivity contribution in [1.29, 1.82) is 0 Å². The van der Waals surface area contributed by atoms with Crippen molar-refractivity contribution in [3.05, 3.63) is 95.8 Å². The van der Waals surface area contributed by atoms with Gasteiger partial charge in [-0.1, -0.05) is 48.5 Å². The molecule has 3 aromatic rings. The molecule has 1 N–H and O–H groups in total. The van der Waals surface area contributed by atoms with Crippen LogP contribution in [-0.4, -0.2) is 32.9 Å². The zero-order valence-electron chi connectivity index (χ0n) is 18.0. The maximum atomic E-state index is 12.8. The first kappa shape index (κ1) is 21.5. The zero-order chi connectivity index (χ0) is 22.8. The maximum absolute atomic E-state index is 12.8. The van der Waals surface area contributed by atoms with Crippen molar-refractivity contribution in [2.45, 2.75) is 13.8 Å². The lowest BCUT2D eigenvalue weighted by atomic mass is 10.1. The highest BCUT2D eigenvalue weighted by atomic mass is 32.1. The zero-order valence-corrected chi connectivity index (χ0v) is 18.8. The van der Waals surface area contributed by atoms with Crippen molar-refractivity contribution < 1.29 is 9.59 Å². The lowest BCUT2D eigenvalue weighted by Gasteiger charge is -2.27. The maximum Gasteiger partial charge on any atom is 0.265 e. The summed E-state index contributed by atoms with van der Waals surface area (Å²) in [7, 11) is 0. The predicted octanol–water partition coefficient (Wildman–Crippen LogP) is 4.57. The molecular weight excluding hydrogens is 418 g/mol. The first-order valence-electron chi connectivity index (χ1n) is 10.2. The third kappa shape index (κ3) is 3.92. The Morgan fingerprint density at radius 2 is 1.66 bits per heavy atom. The van der Waals surface area contributed by atoms with Gasteiger partial charge in [-0.3, -0.25) is 19.8 Å². The van der Waals surface area contributed by atoms with Crippen LogP contribution in [0.5, 0.6) is 0 Å². The molecule has 0 bridgehead atoms. The molecule has 1 aliphatic rings. The number of aryl methyl sites for hydroxylation is 1. The number of aromatic nitrogens is 1. The predicted molar refractivity (Wildman–Crippen MR) is 131 cm³/mol. The Balaban J connectivity index is 1.69. The fraction of sp³-hybridized carbons (Fsp3) is 0.115. The number of rotatable bonds is 5. The van der Waals surface area contributed by atoms with Gasteiger partial charge in [0.1, 0.15) is 5.57 Å². The van der Waals surface area contributed by atoms with Gasteiger partial charge >= 0.3 is 0 Å². The lowest BCUT2D eigenvalue weighted by Crippen LogP contribution is -2.53. The van der Waals surface area contributed by atoms with Crippen LogP contribution < -0.4 is 5.32 Å². The number of hydrogen-bond donors (Lipinski definition) is 1. The fourth-order valence-corrected chi connectivity index (χ4v) is 4.16. The summed E-state index contributed by atoms with van der Waals surface area (Å²) in [5, 5.41) is 2.68. The number of nitrogens with zero attached hydrogens (tertiary/aromatic N) is 2. The van der Waals surface area contributed by atoms with E-state index < -0.39 is 11.8 Å². The number of benzene rings is 2. The first-order chi connectivity index (χ1) is 15.4. The highest BCUT2D eigenvalue weighted by molar-refractivity contribution is 7.80. The Hall–Kier alpha value is -3.77. The van der Waals surface area contributed by atoms with Crippen LogP contribution >= 0.6 is 12.2 Å². The Morgan fingerprint density at radius 1 is 1.00 bits per heavy atom. The number of amides is 2. The Morgan fingerprint density at radius 3 is 2.31 bits per heavy atom. The Labute approximate surface area is 192 Å². The van der Waals surface area contributed by atoms with E-state index in [1.165, 1.54) is 4.90 Å². The van der Waals surface area contributed by atoms with Crippen LogP contribution in [0.2, 0.25) is 0 Å². The molecule has 32 heavy (non-hydrogen) atoms. The molecule has 2 heterocycles. The van der Waals surface area contributed by atoms with E-state index in [0.29, 0.717) is 0 Å². The van der Waals surface area contributed by atoms with Gasteiger partial charge in [0, 0.05) is 23.6 Å². The molecule has 160 valence electrons. The lowest BCUT2D eigenvalue weighted by molar-refractivity contribution is -0.128. The van der Waals surface area contributed by atoms with Crippen LogP contribution in [-0.2, 0) is 9.59 Å². The second-order valence-electron chi connectivity index (χ2n) is 7.60. The molecule has 4 rings (SSSR count). The van der Waals surface area contributed by atoms with Gasteiger partial charge in [-0.25, -0.2) is 0 Å². The number of thiocarbonyl (C=S) groups is 1. The number of carbonyl (C=O) groups is 2. The SMILES string of the molecule is C=CCN1C(=O)/C(=C\c2cc(C)n(-c3ccc(-c4ccccc4)cc3)c2C)C(=O)NC1=S. The molecule has 0 unspecified atom stereocenters. The molecule has 5 nitrogen and oxygen atoms in total. The van der Waals surface area contributed by atoms with Crippen molar-refractivity contribution in [2.75, 3.05) is 6.54 Å². The molecule has 0 radical (unpaired) electrons. The molecule has 0 saturated carbocycles. The summed E-state index contributed by atoms with van der Waals surface area (Å²) in [5.41, 5.74) is 6.12. The van der Waals surface area contributed by atoms with Crippen LogP contribution in [0.1, 0.15) is 17.0 Å². The van der Waals surface area contributed by atoms with E-state index in [2.05, 4.69) is 52.9 Å². The van der Waals surface area contributed by atoms with Gasteiger partial charge in [0.2, 0.25) is 0 Å². The quantitative estimate of drug-likeness (QED) is 0.273. The third-order valence-corrected chi connectivity index (χ3v) is 5.82. The molecule has 2 aromatic carbocycles. The second kappa shape index (κ2) is 8.77. The highest BCUT2D eigenvalue weighted by Gasteiger charge is 2.32. The van der Waals surface area contributed by atoms with Crippen LogP contribution in [0.25, 0.3) is 22.9 Å². The van der Waals surface area contributed by atoms with Gasteiger partial charge in [-0.05, 0) is 67.0 Å². The van der Waals surface area contributed by atoms with E-state index in [0.717, 1.165) is 33.8 Å². The van der Waals surface area contributed by atoms with Crippen molar-refractivity contribution in [3.8, 4) is 16.8 Å². The number of carbonyl (C=O) groups excluding carboxylic acids is 2. The van der Waals surface area contributed by atoms with Gasteiger partial charge in [-0.15, -0.1) is 6.58 Å². The summed E-state index contributed by atoms with van der Waals surface area (Å²) in [6.07, 6.45) is 3.21. The molecule has 0 atom stereocenters. The molecule has 1 fully saturated rings. The van der Waals surface area contributed by atoms with E-state index in [1.54, 1.807) is 12.2 Å². The van der Waals surface area contributed by atoms with Gasteiger partial charge < -0.3 is 4.57 Å². The van der Waals surface area contributed by atoms with Gasteiger partial charge in [0.25, 0.3) is 11.8 Å². The topological polar surface area (TPSA) is 54.3 Å². The van der Waals surface area contributed by atoms with Crippen LogP contribution in [0.3, 0.4) is 0 Å².